The Morgan fingerprint density at radius 2 is 1.38 bits per heavy atom. The summed E-state index contributed by atoms with van der Waals surface area (Å²) in [6.07, 6.45) is 2.32. The zero-order valence-electron chi connectivity index (χ0n) is 19.1. The molecule has 1 saturated heterocycles. The molecule has 1 fully saturated rings. The smallest absolute Gasteiger partial charge is 0.122 e. The SMILES string of the molecule is CCN1CCN(CCCCOc2ccc(C)c(-c3c(C)cccc3C)c2C)CC1. The van der Waals surface area contributed by atoms with Crippen molar-refractivity contribution in [1.29, 1.82) is 0 Å². The van der Waals surface area contributed by atoms with Gasteiger partial charge < -0.3 is 14.5 Å². The van der Waals surface area contributed by atoms with Gasteiger partial charge in [0.05, 0.1) is 6.61 Å². The number of piperazine rings is 1. The van der Waals surface area contributed by atoms with Gasteiger partial charge in [-0.1, -0.05) is 31.2 Å². The van der Waals surface area contributed by atoms with Crippen LogP contribution in [0.25, 0.3) is 11.1 Å². The number of nitrogens with zero attached hydrogens (tertiary/aromatic N) is 2. The lowest BCUT2D eigenvalue weighted by atomic mass is 9.89. The molecule has 0 aliphatic carbocycles. The van der Waals surface area contributed by atoms with Gasteiger partial charge >= 0.3 is 0 Å². The van der Waals surface area contributed by atoms with Gasteiger partial charge in [0.2, 0.25) is 0 Å². The molecule has 3 rings (SSSR count). The maximum absolute atomic E-state index is 6.23. The summed E-state index contributed by atoms with van der Waals surface area (Å²) >= 11 is 0. The summed E-state index contributed by atoms with van der Waals surface area (Å²) in [6.45, 7) is 19.1. The van der Waals surface area contributed by atoms with E-state index in [0.29, 0.717) is 0 Å². The first-order valence-corrected chi connectivity index (χ1v) is 11.3. The lowest BCUT2D eigenvalue weighted by molar-refractivity contribution is 0.134. The van der Waals surface area contributed by atoms with Crippen LogP contribution in [0.2, 0.25) is 0 Å². The number of rotatable bonds is 8. The topological polar surface area (TPSA) is 15.7 Å². The van der Waals surface area contributed by atoms with Crippen LogP contribution in [0.1, 0.15) is 42.0 Å². The van der Waals surface area contributed by atoms with E-state index in [4.69, 9.17) is 4.74 Å². The highest BCUT2D eigenvalue weighted by Gasteiger charge is 2.16. The number of hydrogen-bond donors (Lipinski definition) is 0. The van der Waals surface area contributed by atoms with E-state index < -0.39 is 0 Å². The normalized spacial score (nSPS) is 15.6. The molecule has 0 unspecified atom stereocenters. The minimum Gasteiger partial charge on any atom is -0.493 e. The number of hydrogen-bond acceptors (Lipinski definition) is 3. The van der Waals surface area contributed by atoms with Gasteiger partial charge in [0.15, 0.2) is 0 Å². The van der Waals surface area contributed by atoms with E-state index in [1.165, 1.54) is 79.1 Å². The molecule has 0 spiro atoms. The van der Waals surface area contributed by atoms with Gasteiger partial charge in [0.1, 0.15) is 5.75 Å². The average Bonchev–Trinajstić information content (AvgIpc) is 2.72. The van der Waals surface area contributed by atoms with Gasteiger partial charge in [0, 0.05) is 26.2 Å². The molecule has 29 heavy (non-hydrogen) atoms. The molecular weight excluding hydrogens is 356 g/mol. The predicted octanol–water partition coefficient (Wildman–Crippen LogP) is 5.38. The van der Waals surface area contributed by atoms with E-state index in [1.54, 1.807) is 0 Å². The van der Waals surface area contributed by atoms with Crippen LogP contribution in [0, 0.1) is 27.7 Å². The van der Waals surface area contributed by atoms with E-state index >= 15 is 0 Å². The minimum absolute atomic E-state index is 0.797. The zero-order chi connectivity index (χ0) is 20.8. The second kappa shape index (κ2) is 10.3. The monoisotopic (exact) mass is 394 g/mol. The van der Waals surface area contributed by atoms with Crippen molar-refractivity contribution in [2.75, 3.05) is 45.9 Å². The van der Waals surface area contributed by atoms with E-state index in [9.17, 15) is 0 Å². The quantitative estimate of drug-likeness (QED) is 0.559. The lowest BCUT2D eigenvalue weighted by Crippen LogP contribution is -2.46. The molecule has 0 amide bonds. The van der Waals surface area contributed by atoms with E-state index in [-0.39, 0.29) is 0 Å². The molecule has 0 radical (unpaired) electrons. The summed E-state index contributed by atoms with van der Waals surface area (Å²) in [4.78, 5) is 5.13. The number of unbranched alkanes of at least 4 members (excludes halogenated alkanes) is 1. The standard InChI is InChI=1S/C26H38N2O/c1-6-27-15-17-28(18-16-27)14-7-8-19-29-24-13-12-22(4)26(23(24)5)25-20(2)10-9-11-21(25)3/h9-13H,6-8,14-19H2,1-5H3. The summed E-state index contributed by atoms with van der Waals surface area (Å²) in [5.74, 6) is 1.03. The van der Waals surface area contributed by atoms with Crippen LogP contribution in [0.15, 0.2) is 30.3 Å². The molecule has 158 valence electrons. The Kier molecular flexibility index (Phi) is 7.74. The summed E-state index contributed by atoms with van der Waals surface area (Å²) in [5.41, 5.74) is 7.94. The van der Waals surface area contributed by atoms with Gasteiger partial charge in [-0.15, -0.1) is 0 Å². The van der Waals surface area contributed by atoms with Crippen molar-refractivity contribution in [3.05, 3.63) is 52.6 Å². The van der Waals surface area contributed by atoms with Crippen molar-refractivity contribution >= 4 is 0 Å². The molecule has 0 atom stereocenters. The van der Waals surface area contributed by atoms with Crippen LogP contribution < -0.4 is 4.74 Å². The summed E-state index contributed by atoms with van der Waals surface area (Å²) < 4.78 is 6.23. The number of benzene rings is 2. The van der Waals surface area contributed by atoms with Crippen molar-refractivity contribution in [2.45, 2.75) is 47.5 Å². The third-order valence-corrected chi connectivity index (χ3v) is 6.39. The predicted molar refractivity (Wildman–Crippen MR) is 124 cm³/mol. The molecule has 2 aromatic rings. The molecule has 2 aromatic carbocycles. The van der Waals surface area contributed by atoms with Crippen LogP contribution in [0.3, 0.4) is 0 Å². The van der Waals surface area contributed by atoms with Gasteiger partial charge in [-0.05, 0) is 93.1 Å². The summed E-state index contributed by atoms with van der Waals surface area (Å²) in [6, 6.07) is 10.9. The first-order chi connectivity index (χ1) is 14.0. The average molecular weight is 395 g/mol. The Bertz CT molecular complexity index is 786. The Morgan fingerprint density at radius 3 is 2.03 bits per heavy atom. The summed E-state index contributed by atoms with van der Waals surface area (Å²) in [5, 5.41) is 0. The second-order valence-electron chi connectivity index (χ2n) is 8.48. The van der Waals surface area contributed by atoms with E-state index in [0.717, 1.165) is 18.8 Å². The third kappa shape index (κ3) is 5.40. The molecule has 0 bridgehead atoms. The van der Waals surface area contributed by atoms with Crippen molar-refractivity contribution in [2.24, 2.45) is 0 Å². The van der Waals surface area contributed by atoms with Crippen LogP contribution in [-0.4, -0.2) is 55.7 Å². The highest BCUT2D eigenvalue weighted by molar-refractivity contribution is 5.78. The van der Waals surface area contributed by atoms with E-state index in [2.05, 4.69) is 74.8 Å². The molecule has 0 saturated carbocycles. The Morgan fingerprint density at radius 1 is 0.759 bits per heavy atom. The second-order valence-corrected chi connectivity index (χ2v) is 8.48. The Labute approximate surface area is 177 Å². The fourth-order valence-electron chi connectivity index (χ4n) is 4.53. The largest absolute Gasteiger partial charge is 0.493 e. The maximum atomic E-state index is 6.23. The summed E-state index contributed by atoms with van der Waals surface area (Å²) in [7, 11) is 0. The van der Waals surface area contributed by atoms with Crippen molar-refractivity contribution < 1.29 is 4.74 Å². The fourth-order valence-corrected chi connectivity index (χ4v) is 4.53. The fraction of sp³-hybridized carbons (Fsp3) is 0.538. The number of aryl methyl sites for hydroxylation is 3. The number of likely N-dealkylation sites (N-methyl/N-ethyl adjacent to an activating group) is 1. The molecule has 1 heterocycles. The first-order valence-electron chi connectivity index (χ1n) is 11.3. The van der Waals surface area contributed by atoms with Crippen molar-refractivity contribution in [3.63, 3.8) is 0 Å². The van der Waals surface area contributed by atoms with Crippen LogP contribution >= 0.6 is 0 Å². The van der Waals surface area contributed by atoms with Crippen LogP contribution in [-0.2, 0) is 0 Å². The zero-order valence-corrected chi connectivity index (χ0v) is 19.1. The van der Waals surface area contributed by atoms with Gasteiger partial charge in [0.25, 0.3) is 0 Å². The van der Waals surface area contributed by atoms with E-state index in [1.807, 2.05) is 0 Å². The maximum Gasteiger partial charge on any atom is 0.122 e. The molecular formula is C26H38N2O. The highest BCUT2D eigenvalue weighted by atomic mass is 16.5. The minimum atomic E-state index is 0.797. The third-order valence-electron chi connectivity index (χ3n) is 6.39. The first kappa shape index (κ1) is 21.9. The molecule has 0 aromatic heterocycles. The van der Waals surface area contributed by atoms with Crippen molar-refractivity contribution in [1.82, 2.24) is 9.80 Å². The van der Waals surface area contributed by atoms with Gasteiger partial charge in [-0.2, -0.15) is 0 Å². The molecule has 0 N–H and O–H groups in total. The highest BCUT2D eigenvalue weighted by Crippen LogP contribution is 2.36. The van der Waals surface area contributed by atoms with Gasteiger partial charge in [-0.3, -0.25) is 0 Å². The molecule has 3 heteroatoms. The molecule has 1 aliphatic rings. The number of ether oxygens (including phenoxy) is 1. The Hall–Kier alpha value is -1.84. The Balaban J connectivity index is 1.56. The molecule has 3 nitrogen and oxygen atoms in total. The van der Waals surface area contributed by atoms with Crippen molar-refractivity contribution in [3.8, 4) is 16.9 Å². The van der Waals surface area contributed by atoms with Crippen LogP contribution in [0.4, 0.5) is 0 Å². The molecule has 1 aliphatic heterocycles. The van der Waals surface area contributed by atoms with Crippen LogP contribution in [0.5, 0.6) is 5.75 Å². The lowest BCUT2D eigenvalue weighted by Gasteiger charge is -2.33. The van der Waals surface area contributed by atoms with Gasteiger partial charge in [-0.25, -0.2) is 0 Å².